The molecule has 0 amide bonds. The zero-order valence-electron chi connectivity index (χ0n) is 11.3. The van der Waals surface area contributed by atoms with Crippen molar-refractivity contribution in [3.63, 3.8) is 0 Å². The molecule has 4 nitrogen and oxygen atoms in total. The van der Waals surface area contributed by atoms with Gasteiger partial charge in [-0.25, -0.2) is 13.1 Å². The minimum atomic E-state index is -3.35. The van der Waals surface area contributed by atoms with Crippen LogP contribution in [0.3, 0.4) is 0 Å². The average Bonchev–Trinajstić information content (AvgIpc) is 2.78. The SMILES string of the molecule is CC1CCCC(NS(=O)(=O)c2ccc(CCN)s2)C1. The van der Waals surface area contributed by atoms with Gasteiger partial charge in [-0.3, -0.25) is 0 Å². The highest BCUT2D eigenvalue weighted by Crippen LogP contribution is 2.27. The van der Waals surface area contributed by atoms with Crippen LogP contribution in [0, 0.1) is 5.92 Å². The van der Waals surface area contributed by atoms with E-state index in [2.05, 4.69) is 11.6 Å². The van der Waals surface area contributed by atoms with Crippen molar-refractivity contribution in [2.24, 2.45) is 11.7 Å². The lowest BCUT2D eigenvalue weighted by molar-refractivity contribution is 0.327. The highest BCUT2D eigenvalue weighted by atomic mass is 32.2. The number of nitrogens with two attached hydrogens (primary N) is 1. The molecule has 6 heteroatoms. The third kappa shape index (κ3) is 4.02. The molecule has 0 saturated heterocycles. The summed E-state index contributed by atoms with van der Waals surface area (Å²) in [6, 6.07) is 3.63. The molecule has 0 spiro atoms. The van der Waals surface area contributed by atoms with Crippen LogP contribution in [-0.4, -0.2) is 21.0 Å². The van der Waals surface area contributed by atoms with Crippen LogP contribution in [0.5, 0.6) is 0 Å². The van der Waals surface area contributed by atoms with Gasteiger partial charge in [0.05, 0.1) is 0 Å². The van der Waals surface area contributed by atoms with E-state index in [1.807, 2.05) is 6.07 Å². The minimum absolute atomic E-state index is 0.0915. The lowest BCUT2D eigenvalue weighted by Gasteiger charge is -2.26. The Morgan fingerprint density at radius 1 is 1.42 bits per heavy atom. The first-order chi connectivity index (χ1) is 9.01. The Kier molecular flexibility index (Phi) is 5.00. The molecular weight excluding hydrogens is 280 g/mol. The fourth-order valence-electron chi connectivity index (χ4n) is 2.60. The second-order valence-corrected chi connectivity index (χ2v) is 8.46. The fourth-order valence-corrected chi connectivity index (χ4v) is 5.27. The molecule has 2 atom stereocenters. The van der Waals surface area contributed by atoms with Gasteiger partial charge >= 0.3 is 0 Å². The number of hydrogen-bond acceptors (Lipinski definition) is 4. The second-order valence-electron chi connectivity index (χ2n) is 5.35. The predicted octanol–water partition coefficient (Wildman–Crippen LogP) is 2.11. The van der Waals surface area contributed by atoms with E-state index in [1.54, 1.807) is 6.07 Å². The lowest BCUT2D eigenvalue weighted by Crippen LogP contribution is -2.37. The largest absolute Gasteiger partial charge is 0.330 e. The summed E-state index contributed by atoms with van der Waals surface area (Å²) in [5.74, 6) is 0.609. The molecule has 2 unspecified atom stereocenters. The summed E-state index contributed by atoms with van der Waals surface area (Å²) < 4.78 is 27.8. The van der Waals surface area contributed by atoms with Crippen LogP contribution in [-0.2, 0) is 16.4 Å². The molecule has 0 aliphatic heterocycles. The van der Waals surface area contributed by atoms with Crippen molar-refractivity contribution in [2.75, 3.05) is 6.54 Å². The number of thiophene rings is 1. The second kappa shape index (κ2) is 6.35. The first-order valence-electron chi connectivity index (χ1n) is 6.82. The molecule has 1 heterocycles. The topological polar surface area (TPSA) is 72.2 Å². The monoisotopic (exact) mass is 302 g/mol. The molecule has 0 aromatic carbocycles. The van der Waals surface area contributed by atoms with Crippen LogP contribution in [0.15, 0.2) is 16.3 Å². The highest BCUT2D eigenvalue weighted by molar-refractivity contribution is 7.91. The number of hydrogen-bond donors (Lipinski definition) is 2. The fraction of sp³-hybridized carbons (Fsp3) is 0.692. The van der Waals surface area contributed by atoms with E-state index in [4.69, 9.17) is 5.73 Å². The Hall–Kier alpha value is -0.430. The molecule has 1 saturated carbocycles. The lowest BCUT2D eigenvalue weighted by atomic mass is 9.88. The van der Waals surface area contributed by atoms with Crippen molar-refractivity contribution in [3.05, 3.63) is 17.0 Å². The molecular formula is C13H22N2O2S2. The predicted molar refractivity (Wildman–Crippen MR) is 78.8 cm³/mol. The smallest absolute Gasteiger partial charge is 0.250 e. The third-order valence-electron chi connectivity index (χ3n) is 3.55. The Morgan fingerprint density at radius 3 is 2.89 bits per heavy atom. The maximum Gasteiger partial charge on any atom is 0.250 e. The van der Waals surface area contributed by atoms with E-state index in [0.29, 0.717) is 16.7 Å². The Morgan fingerprint density at radius 2 is 2.21 bits per heavy atom. The molecule has 3 N–H and O–H groups in total. The van der Waals surface area contributed by atoms with Gasteiger partial charge in [-0.1, -0.05) is 19.8 Å². The molecule has 1 aromatic rings. The van der Waals surface area contributed by atoms with Gasteiger partial charge in [0.25, 0.3) is 0 Å². The van der Waals surface area contributed by atoms with Crippen LogP contribution < -0.4 is 10.5 Å². The standard InChI is InChI=1S/C13H22N2O2S2/c1-10-3-2-4-11(9-10)15-19(16,17)13-6-5-12(18-13)7-8-14/h5-6,10-11,15H,2-4,7-9,14H2,1H3. The normalized spacial score (nSPS) is 24.5. The van der Waals surface area contributed by atoms with Crippen molar-refractivity contribution in [2.45, 2.75) is 49.3 Å². The molecule has 0 radical (unpaired) electrons. The molecule has 1 aromatic heterocycles. The first-order valence-corrected chi connectivity index (χ1v) is 9.12. The molecule has 108 valence electrons. The van der Waals surface area contributed by atoms with Gasteiger partial charge in [-0.15, -0.1) is 11.3 Å². The Labute approximate surface area is 119 Å². The summed E-state index contributed by atoms with van der Waals surface area (Å²) in [5.41, 5.74) is 5.49. The minimum Gasteiger partial charge on any atom is -0.330 e. The van der Waals surface area contributed by atoms with Gasteiger partial charge in [-0.2, -0.15) is 0 Å². The van der Waals surface area contributed by atoms with E-state index >= 15 is 0 Å². The van der Waals surface area contributed by atoms with Crippen LogP contribution >= 0.6 is 11.3 Å². The maximum absolute atomic E-state index is 12.3. The molecule has 0 bridgehead atoms. The third-order valence-corrected chi connectivity index (χ3v) is 6.71. The first kappa shape index (κ1) is 15.0. The Bertz CT molecular complexity index is 510. The summed E-state index contributed by atoms with van der Waals surface area (Å²) in [4.78, 5) is 1.03. The van der Waals surface area contributed by atoms with Gasteiger partial charge < -0.3 is 5.73 Å². The summed E-state index contributed by atoms with van der Waals surface area (Å²) in [6.07, 6.45) is 4.95. The molecule has 2 rings (SSSR count). The molecule has 1 aliphatic carbocycles. The zero-order valence-corrected chi connectivity index (χ0v) is 12.9. The van der Waals surface area contributed by atoms with Crippen molar-refractivity contribution in [1.29, 1.82) is 0 Å². The molecule has 19 heavy (non-hydrogen) atoms. The molecule has 1 fully saturated rings. The summed E-state index contributed by atoms with van der Waals surface area (Å²) in [6.45, 7) is 2.73. The number of nitrogens with one attached hydrogen (secondary N) is 1. The summed E-state index contributed by atoms with van der Waals surface area (Å²) in [5, 5.41) is 0. The van der Waals surface area contributed by atoms with E-state index in [9.17, 15) is 8.42 Å². The summed E-state index contributed by atoms with van der Waals surface area (Å²) in [7, 11) is -3.35. The van der Waals surface area contributed by atoms with Crippen LogP contribution in [0.1, 0.15) is 37.5 Å². The Balaban J connectivity index is 2.04. The van der Waals surface area contributed by atoms with Crippen LogP contribution in [0.2, 0.25) is 0 Å². The zero-order chi connectivity index (χ0) is 13.9. The van der Waals surface area contributed by atoms with Gasteiger partial charge in [0.1, 0.15) is 4.21 Å². The van der Waals surface area contributed by atoms with E-state index in [-0.39, 0.29) is 6.04 Å². The van der Waals surface area contributed by atoms with Crippen LogP contribution in [0.25, 0.3) is 0 Å². The maximum atomic E-state index is 12.3. The quantitative estimate of drug-likeness (QED) is 0.875. The van der Waals surface area contributed by atoms with Crippen molar-refractivity contribution >= 4 is 21.4 Å². The van der Waals surface area contributed by atoms with E-state index in [1.165, 1.54) is 17.8 Å². The van der Waals surface area contributed by atoms with Crippen molar-refractivity contribution < 1.29 is 8.42 Å². The van der Waals surface area contributed by atoms with Gasteiger partial charge in [0.2, 0.25) is 10.0 Å². The van der Waals surface area contributed by atoms with Crippen molar-refractivity contribution in [1.82, 2.24) is 4.72 Å². The highest BCUT2D eigenvalue weighted by Gasteiger charge is 2.25. The van der Waals surface area contributed by atoms with E-state index < -0.39 is 10.0 Å². The van der Waals surface area contributed by atoms with Gasteiger partial charge in [0, 0.05) is 10.9 Å². The summed E-state index contributed by atoms with van der Waals surface area (Å²) >= 11 is 1.32. The van der Waals surface area contributed by atoms with Crippen molar-refractivity contribution in [3.8, 4) is 0 Å². The average molecular weight is 302 g/mol. The van der Waals surface area contributed by atoms with E-state index in [0.717, 1.165) is 30.6 Å². The number of sulfonamides is 1. The number of rotatable bonds is 5. The molecule has 1 aliphatic rings. The van der Waals surface area contributed by atoms with Crippen LogP contribution in [0.4, 0.5) is 0 Å². The van der Waals surface area contributed by atoms with Gasteiger partial charge in [-0.05, 0) is 43.9 Å². The van der Waals surface area contributed by atoms with Gasteiger partial charge in [0.15, 0.2) is 0 Å².